The van der Waals surface area contributed by atoms with Crippen LogP contribution in [-0.2, 0) is 30.6 Å². The van der Waals surface area contributed by atoms with E-state index in [0.717, 1.165) is 11.1 Å². The molecular formula is C29H28Cl2N2O6. The number of carbonyl (C=O) groups excluding carboxylic acids is 1. The molecule has 0 spiro atoms. The first-order valence-electron chi connectivity index (χ1n) is 11.9. The molecule has 0 N–H and O–H groups in total. The third-order valence-corrected chi connectivity index (χ3v) is 5.99. The van der Waals surface area contributed by atoms with Gasteiger partial charge in [0.05, 0.1) is 30.5 Å². The first-order chi connectivity index (χ1) is 18.9. The molecule has 0 unspecified atom stereocenters. The van der Waals surface area contributed by atoms with Gasteiger partial charge in [0.1, 0.15) is 41.7 Å². The number of esters is 1. The lowest BCUT2D eigenvalue weighted by Crippen LogP contribution is -2.14. The van der Waals surface area contributed by atoms with E-state index < -0.39 is 5.97 Å². The average Bonchev–Trinajstić information content (AvgIpc) is 2.95. The van der Waals surface area contributed by atoms with Crippen LogP contribution < -0.4 is 4.74 Å². The monoisotopic (exact) mass is 570 g/mol. The molecular weight excluding hydrogens is 543 g/mol. The van der Waals surface area contributed by atoms with Crippen molar-refractivity contribution in [2.24, 2.45) is 10.3 Å². The fraction of sp³-hybridized carbons (Fsp3) is 0.207. The van der Waals surface area contributed by atoms with Gasteiger partial charge in [-0.15, -0.1) is 0 Å². The van der Waals surface area contributed by atoms with Crippen LogP contribution in [0.1, 0.15) is 30.5 Å². The second-order valence-corrected chi connectivity index (χ2v) is 8.74. The summed E-state index contributed by atoms with van der Waals surface area (Å²) in [7, 11) is 2.77. The summed E-state index contributed by atoms with van der Waals surface area (Å²) in [4.78, 5) is 23.2. The van der Waals surface area contributed by atoms with Crippen molar-refractivity contribution in [1.82, 2.24) is 0 Å². The minimum atomic E-state index is -0.526. The van der Waals surface area contributed by atoms with Gasteiger partial charge in [-0.1, -0.05) is 57.8 Å². The fourth-order valence-electron chi connectivity index (χ4n) is 3.41. The van der Waals surface area contributed by atoms with Gasteiger partial charge in [0.2, 0.25) is 0 Å². The lowest BCUT2D eigenvalue weighted by molar-refractivity contribution is -0.133. The molecule has 0 saturated heterocycles. The molecule has 39 heavy (non-hydrogen) atoms. The largest absolute Gasteiger partial charge is 0.503 e. The Balaban J connectivity index is 1.77. The van der Waals surface area contributed by atoms with Gasteiger partial charge in [-0.05, 0) is 55.8 Å². The maximum absolute atomic E-state index is 12.2. The molecule has 0 aromatic heterocycles. The number of methoxy groups -OCH3 is 2. The minimum absolute atomic E-state index is 0.0872. The zero-order valence-corrected chi connectivity index (χ0v) is 23.5. The highest BCUT2D eigenvalue weighted by Crippen LogP contribution is 2.29. The normalized spacial score (nSPS) is 12.1. The van der Waals surface area contributed by atoms with Gasteiger partial charge >= 0.3 is 5.97 Å². The number of benzene rings is 3. The number of carbonyl (C=O) groups is 1. The number of hydrogen-bond acceptors (Lipinski definition) is 8. The predicted molar refractivity (Wildman–Crippen MR) is 152 cm³/mol. The van der Waals surface area contributed by atoms with Crippen LogP contribution >= 0.6 is 23.2 Å². The summed E-state index contributed by atoms with van der Waals surface area (Å²) in [6, 6.07) is 19.5. The Bertz CT molecular complexity index is 1370. The van der Waals surface area contributed by atoms with Crippen LogP contribution in [-0.4, -0.2) is 38.2 Å². The average molecular weight is 571 g/mol. The lowest BCUT2D eigenvalue weighted by Gasteiger charge is -2.12. The van der Waals surface area contributed by atoms with Crippen molar-refractivity contribution in [3.63, 3.8) is 0 Å². The summed E-state index contributed by atoms with van der Waals surface area (Å²) >= 11 is 12.0. The third-order valence-electron chi connectivity index (χ3n) is 5.25. The Hall–Kier alpha value is -4.01. The standard InChI is InChI=1S/C29H28Cl2N2O6/c1-5-37-33-28(20-10-12-22(13-11-20)39-23-14-15-26(30)27(31)16-23)19(2)32-38-17-21-8-6-7-9-24(21)25(18-35-3)29(34)36-4/h6-16,18H,5,17H2,1-4H3/b25-18+,32-19+,33-28-. The summed E-state index contributed by atoms with van der Waals surface area (Å²) < 4.78 is 15.8. The van der Waals surface area contributed by atoms with Crippen molar-refractivity contribution in [2.75, 3.05) is 20.8 Å². The molecule has 3 rings (SSSR count). The summed E-state index contributed by atoms with van der Waals surface area (Å²) in [5, 5.41) is 9.33. The molecule has 0 saturated carbocycles. The molecule has 10 heteroatoms. The fourth-order valence-corrected chi connectivity index (χ4v) is 3.70. The summed E-state index contributed by atoms with van der Waals surface area (Å²) in [6.45, 7) is 4.06. The van der Waals surface area contributed by atoms with Gasteiger partial charge in [-0.25, -0.2) is 4.79 Å². The van der Waals surface area contributed by atoms with Crippen molar-refractivity contribution < 1.29 is 28.7 Å². The van der Waals surface area contributed by atoms with E-state index in [2.05, 4.69) is 10.3 Å². The molecule has 0 bridgehead atoms. The van der Waals surface area contributed by atoms with Gasteiger partial charge in [-0.3, -0.25) is 0 Å². The van der Waals surface area contributed by atoms with Crippen molar-refractivity contribution >= 4 is 46.2 Å². The first kappa shape index (κ1) is 29.5. The van der Waals surface area contributed by atoms with Crippen molar-refractivity contribution in [1.29, 1.82) is 0 Å². The maximum Gasteiger partial charge on any atom is 0.341 e. The van der Waals surface area contributed by atoms with E-state index in [1.54, 1.807) is 43.3 Å². The smallest absolute Gasteiger partial charge is 0.341 e. The van der Waals surface area contributed by atoms with Crippen molar-refractivity contribution in [3.8, 4) is 11.5 Å². The Kier molecular flexibility index (Phi) is 11.2. The van der Waals surface area contributed by atoms with Gasteiger partial charge in [0, 0.05) is 17.2 Å². The zero-order valence-electron chi connectivity index (χ0n) is 21.9. The molecule has 0 heterocycles. The van der Waals surface area contributed by atoms with Gasteiger partial charge in [0.15, 0.2) is 0 Å². The van der Waals surface area contributed by atoms with Crippen molar-refractivity contribution in [3.05, 3.63) is 99.7 Å². The van der Waals surface area contributed by atoms with Crippen LogP contribution in [0.15, 0.2) is 83.3 Å². The number of nitrogens with zero attached hydrogens (tertiary/aromatic N) is 2. The second-order valence-electron chi connectivity index (χ2n) is 7.93. The summed E-state index contributed by atoms with van der Waals surface area (Å²) in [5.74, 6) is 0.630. The van der Waals surface area contributed by atoms with Gasteiger partial charge < -0.3 is 23.9 Å². The second kappa shape index (κ2) is 14.8. The van der Waals surface area contributed by atoms with E-state index >= 15 is 0 Å². The molecule has 204 valence electrons. The minimum Gasteiger partial charge on any atom is -0.503 e. The number of halogens is 2. The molecule has 8 nitrogen and oxygen atoms in total. The quantitative estimate of drug-likeness (QED) is 0.0747. The van der Waals surface area contributed by atoms with E-state index in [0.29, 0.717) is 45.1 Å². The molecule has 0 aliphatic heterocycles. The number of oxime groups is 2. The van der Waals surface area contributed by atoms with Gasteiger partial charge in [0.25, 0.3) is 0 Å². The number of hydrogen-bond donors (Lipinski definition) is 0. The molecule has 0 atom stereocenters. The topological polar surface area (TPSA) is 87.9 Å². The SMILES string of the molecule is CCO/N=C(/C(C)=N/OCc1ccccc1/C(=C\OC)C(=O)OC)c1ccc(Oc2ccc(Cl)c(Cl)c2)cc1. The number of ether oxygens (including phenoxy) is 3. The lowest BCUT2D eigenvalue weighted by atomic mass is 10.0. The van der Waals surface area contributed by atoms with Crippen LogP contribution in [0, 0.1) is 0 Å². The Morgan fingerprint density at radius 1 is 0.897 bits per heavy atom. The number of rotatable bonds is 12. The van der Waals surface area contributed by atoms with Crippen LogP contribution in [0.3, 0.4) is 0 Å². The van der Waals surface area contributed by atoms with E-state index in [-0.39, 0.29) is 12.2 Å². The van der Waals surface area contributed by atoms with Crippen LogP contribution in [0.5, 0.6) is 11.5 Å². The Labute approximate surface area is 237 Å². The molecule has 0 fully saturated rings. The van der Waals surface area contributed by atoms with E-state index in [9.17, 15) is 4.79 Å². The highest BCUT2D eigenvalue weighted by Gasteiger charge is 2.17. The molecule has 0 aliphatic rings. The van der Waals surface area contributed by atoms with E-state index in [1.807, 2.05) is 37.3 Å². The predicted octanol–water partition coefficient (Wildman–Crippen LogP) is 7.28. The van der Waals surface area contributed by atoms with E-state index in [1.165, 1.54) is 20.5 Å². The Morgan fingerprint density at radius 3 is 2.28 bits per heavy atom. The molecule has 0 amide bonds. The maximum atomic E-state index is 12.2. The van der Waals surface area contributed by atoms with E-state index in [4.69, 9.17) is 47.1 Å². The molecule has 0 radical (unpaired) electrons. The summed E-state index contributed by atoms with van der Waals surface area (Å²) in [5.41, 5.74) is 3.31. The third kappa shape index (κ3) is 8.24. The summed E-state index contributed by atoms with van der Waals surface area (Å²) in [6.07, 6.45) is 1.33. The Morgan fingerprint density at radius 2 is 1.62 bits per heavy atom. The highest BCUT2D eigenvalue weighted by atomic mass is 35.5. The van der Waals surface area contributed by atoms with Crippen LogP contribution in [0.2, 0.25) is 10.0 Å². The van der Waals surface area contributed by atoms with Crippen LogP contribution in [0.4, 0.5) is 0 Å². The first-order valence-corrected chi connectivity index (χ1v) is 12.6. The molecule has 3 aromatic carbocycles. The molecule has 0 aliphatic carbocycles. The molecule has 3 aromatic rings. The van der Waals surface area contributed by atoms with Crippen molar-refractivity contribution in [2.45, 2.75) is 20.5 Å². The zero-order chi connectivity index (χ0) is 28.2. The highest BCUT2D eigenvalue weighted by molar-refractivity contribution is 6.47. The van der Waals surface area contributed by atoms with Gasteiger partial charge in [-0.2, -0.15) is 0 Å². The van der Waals surface area contributed by atoms with Crippen LogP contribution in [0.25, 0.3) is 5.57 Å².